The Hall–Kier alpha value is -3.54. The zero-order valence-corrected chi connectivity index (χ0v) is 13.5. The Balaban J connectivity index is 1.75. The average molecular weight is 329 g/mol. The summed E-state index contributed by atoms with van der Waals surface area (Å²) in [6, 6.07) is 17.1. The van der Waals surface area contributed by atoms with Gasteiger partial charge >= 0.3 is 0 Å². The number of carbonyl (C=O) groups excluding carboxylic acids is 1. The van der Waals surface area contributed by atoms with E-state index in [1.165, 1.54) is 6.33 Å². The van der Waals surface area contributed by atoms with Crippen LogP contribution >= 0.6 is 0 Å². The van der Waals surface area contributed by atoms with Crippen molar-refractivity contribution in [3.8, 4) is 5.69 Å². The molecule has 2 aromatic carbocycles. The average Bonchev–Trinajstić information content (AvgIpc) is 3.08. The van der Waals surface area contributed by atoms with Crippen LogP contribution in [-0.2, 0) is 0 Å². The molecule has 6 nitrogen and oxygen atoms in total. The highest BCUT2D eigenvalue weighted by molar-refractivity contribution is 5.95. The summed E-state index contributed by atoms with van der Waals surface area (Å²) >= 11 is 0. The summed E-state index contributed by atoms with van der Waals surface area (Å²) in [6.45, 7) is 1.55. The van der Waals surface area contributed by atoms with Gasteiger partial charge in [0.05, 0.1) is 17.3 Å². The number of fused-ring (bicyclic) bond motifs is 1. The van der Waals surface area contributed by atoms with Gasteiger partial charge in [0.25, 0.3) is 0 Å². The maximum atomic E-state index is 11.6. The highest BCUT2D eigenvalue weighted by Crippen LogP contribution is 2.24. The zero-order valence-electron chi connectivity index (χ0n) is 13.5. The van der Waals surface area contributed by atoms with Crippen LogP contribution < -0.4 is 5.32 Å². The quantitative estimate of drug-likeness (QED) is 0.577. The molecule has 0 aliphatic carbocycles. The lowest BCUT2D eigenvalue weighted by atomic mass is 10.1. The third-order valence-corrected chi connectivity index (χ3v) is 3.90. The van der Waals surface area contributed by atoms with E-state index in [1.807, 2.05) is 42.5 Å². The molecule has 6 heteroatoms. The Bertz CT molecular complexity index is 1060. The van der Waals surface area contributed by atoms with Crippen LogP contribution in [0.1, 0.15) is 17.3 Å². The van der Waals surface area contributed by atoms with Crippen molar-refractivity contribution in [2.24, 2.45) is 0 Å². The van der Waals surface area contributed by atoms with Crippen molar-refractivity contribution in [3.63, 3.8) is 0 Å². The molecule has 0 unspecified atom stereocenters. The van der Waals surface area contributed by atoms with Crippen LogP contribution in [0.4, 0.5) is 11.5 Å². The summed E-state index contributed by atoms with van der Waals surface area (Å²) in [5, 5.41) is 8.49. The van der Waals surface area contributed by atoms with Crippen molar-refractivity contribution in [2.45, 2.75) is 6.92 Å². The molecular weight excluding hydrogens is 314 g/mol. The molecule has 0 atom stereocenters. The first-order chi connectivity index (χ1) is 12.2. The van der Waals surface area contributed by atoms with E-state index in [4.69, 9.17) is 0 Å². The molecule has 2 heterocycles. The molecule has 122 valence electrons. The number of hydrogen-bond acceptors (Lipinski definition) is 5. The normalized spacial score (nSPS) is 10.8. The van der Waals surface area contributed by atoms with Gasteiger partial charge in [-0.2, -0.15) is 5.10 Å². The van der Waals surface area contributed by atoms with Gasteiger partial charge in [-0.3, -0.25) is 4.79 Å². The number of nitrogens with zero attached hydrogens (tertiary/aromatic N) is 4. The van der Waals surface area contributed by atoms with Gasteiger partial charge in [-0.1, -0.05) is 30.3 Å². The molecule has 4 aromatic rings. The zero-order chi connectivity index (χ0) is 17.2. The van der Waals surface area contributed by atoms with E-state index in [-0.39, 0.29) is 5.78 Å². The van der Waals surface area contributed by atoms with Gasteiger partial charge < -0.3 is 5.32 Å². The number of rotatable bonds is 4. The molecule has 0 spiro atoms. The van der Waals surface area contributed by atoms with Crippen molar-refractivity contribution in [3.05, 3.63) is 72.7 Å². The molecule has 0 saturated carbocycles. The van der Waals surface area contributed by atoms with Gasteiger partial charge in [0.15, 0.2) is 11.4 Å². The molecule has 0 saturated heterocycles. The first kappa shape index (κ1) is 15.0. The number of aromatic nitrogens is 4. The fourth-order valence-corrected chi connectivity index (χ4v) is 2.65. The lowest BCUT2D eigenvalue weighted by Gasteiger charge is -2.08. The molecule has 4 rings (SSSR count). The minimum atomic E-state index is 0.0216. The van der Waals surface area contributed by atoms with Gasteiger partial charge in [0, 0.05) is 11.3 Å². The number of hydrogen-bond donors (Lipinski definition) is 1. The molecule has 1 N–H and O–H groups in total. The van der Waals surface area contributed by atoms with E-state index >= 15 is 0 Å². The Kier molecular flexibility index (Phi) is 3.70. The molecule has 0 aliphatic heterocycles. The molecule has 25 heavy (non-hydrogen) atoms. The second kappa shape index (κ2) is 6.16. The minimum absolute atomic E-state index is 0.0216. The van der Waals surface area contributed by atoms with Crippen LogP contribution in [0.15, 0.2) is 67.1 Å². The van der Waals surface area contributed by atoms with Crippen LogP contribution in [0.3, 0.4) is 0 Å². The van der Waals surface area contributed by atoms with E-state index < -0.39 is 0 Å². The number of benzene rings is 2. The topological polar surface area (TPSA) is 72.7 Å². The summed E-state index contributed by atoms with van der Waals surface area (Å²) in [7, 11) is 0. The van der Waals surface area contributed by atoms with Crippen LogP contribution in [-0.4, -0.2) is 25.5 Å². The van der Waals surface area contributed by atoms with Crippen molar-refractivity contribution in [1.29, 1.82) is 0 Å². The summed E-state index contributed by atoms with van der Waals surface area (Å²) in [5.74, 6) is 0.668. The number of para-hydroxylation sites is 1. The molecule has 0 fully saturated rings. The van der Waals surface area contributed by atoms with Gasteiger partial charge in [-0.15, -0.1) is 0 Å². The third kappa shape index (κ3) is 2.85. The van der Waals surface area contributed by atoms with Gasteiger partial charge in [-0.25, -0.2) is 14.6 Å². The van der Waals surface area contributed by atoms with E-state index in [9.17, 15) is 4.79 Å². The summed E-state index contributed by atoms with van der Waals surface area (Å²) in [4.78, 5) is 20.2. The first-order valence-corrected chi connectivity index (χ1v) is 7.84. The molecular formula is C19H15N5O. The monoisotopic (exact) mass is 329 g/mol. The maximum Gasteiger partial charge on any atom is 0.168 e. The SMILES string of the molecule is CC(=O)c1cccc(Nc2ncnc3c2cnn3-c2ccccc2)c1. The number of Topliss-reactive ketones (excluding diaryl/α,β-unsaturated/α-hetero) is 1. The number of ketones is 1. The largest absolute Gasteiger partial charge is 0.339 e. The second-order valence-electron chi connectivity index (χ2n) is 5.61. The summed E-state index contributed by atoms with van der Waals surface area (Å²) in [5.41, 5.74) is 3.09. The van der Waals surface area contributed by atoms with Gasteiger partial charge in [0.1, 0.15) is 12.1 Å². The fourth-order valence-electron chi connectivity index (χ4n) is 2.65. The number of carbonyl (C=O) groups is 1. The molecule has 2 aromatic heterocycles. The Morgan fingerprint density at radius 1 is 1.04 bits per heavy atom. The van der Waals surface area contributed by atoms with Crippen molar-refractivity contribution in [2.75, 3.05) is 5.32 Å². The Morgan fingerprint density at radius 3 is 2.68 bits per heavy atom. The third-order valence-electron chi connectivity index (χ3n) is 3.90. The van der Waals surface area contributed by atoms with Crippen LogP contribution in [0.2, 0.25) is 0 Å². The summed E-state index contributed by atoms with van der Waals surface area (Å²) < 4.78 is 1.77. The second-order valence-corrected chi connectivity index (χ2v) is 5.61. The maximum absolute atomic E-state index is 11.6. The van der Waals surface area contributed by atoms with E-state index in [2.05, 4.69) is 20.4 Å². The fraction of sp³-hybridized carbons (Fsp3) is 0.0526. The standard InChI is InChI=1S/C19H15N5O/c1-13(25)14-6-5-7-15(10-14)23-18-17-11-22-24(19(17)21-12-20-18)16-8-3-2-4-9-16/h2-12H,1H3,(H,20,21,23). The smallest absolute Gasteiger partial charge is 0.168 e. The predicted molar refractivity (Wildman–Crippen MR) is 96.4 cm³/mol. The molecule has 0 amide bonds. The van der Waals surface area contributed by atoms with Crippen molar-refractivity contribution in [1.82, 2.24) is 19.7 Å². The van der Waals surface area contributed by atoms with Gasteiger partial charge in [-0.05, 0) is 31.2 Å². The van der Waals surface area contributed by atoms with E-state index in [0.29, 0.717) is 17.0 Å². The lowest BCUT2D eigenvalue weighted by Crippen LogP contribution is -2.00. The van der Waals surface area contributed by atoms with E-state index in [0.717, 1.165) is 16.8 Å². The lowest BCUT2D eigenvalue weighted by molar-refractivity contribution is 0.101. The van der Waals surface area contributed by atoms with E-state index in [1.54, 1.807) is 29.9 Å². The van der Waals surface area contributed by atoms with Crippen molar-refractivity contribution < 1.29 is 4.79 Å². The van der Waals surface area contributed by atoms with Crippen LogP contribution in [0.5, 0.6) is 0 Å². The molecule has 0 radical (unpaired) electrons. The van der Waals surface area contributed by atoms with Crippen LogP contribution in [0, 0.1) is 0 Å². The molecule has 0 bridgehead atoms. The Labute approximate surface area is 144 Å². The highest BCUT2D eigenvalue weighted by Gasteiger charge is 2.11. The number of nitrogens with one attached hydrogen (secondary N) is 1. The predicted octanol–water partition coefficient (Wildman–Crippen LogP) is 3.76. The highest BCUT2D eigenvalue weighted by atomic mass is 16.1. The van der Waals surface area contributed by atoms with Gasteiger partial charge in [0.2, 0.25) is 0 Å². The Morgan fingerprint density at radius 2 is 1.88 bits per heavy atom. The first-order valence-electron chi connectivity index (χ1n) is 7.84. The summed E-state index contributed by atoms with van der Waals surface area (Å²) in [6.07, 6.45) is 3.24. The minimum Gasteiger partial charge on any atom is -0.339 e. The van der Waals surface area contributed by atoms with Crippen LogP contribution in [0.25, 0.3) is 16.7 Å². The number of anilines is 2. The van der Waals surface area contributed by atoms with Crippen molar-refractivity contribution >= 4 is 28.3 Å². The molecule has 0 aliphatic rings.